The molecule has 0 radical (unpaired) electrons. The highest BCUT2D eigenvalue weighted by Crippen LogP contribution is 2.31. The third-order valence-electron chi connectivity index (χ3n) is 5.56. The van der Waals surface area contributed by atoms with Gasteiger partial charge in [-0.25, -0.2) is 4.52 Å². The number of anilines is 1. The van der Waals surface area contributed by atoms with Crippen LogP contribution in [0.3, 0.4) is 0 Å². The topological polar surface area (TPSA) is 111 Å². The largest absolute Gasteiger partial charge is 0.475 e. The van der Waals surface area contributed by atoms with Crippen molar-refractivity contribution in [3.63, 3.8) is 0 Å². The van der Waals surface area contributed by atoms with Gasteiger partial charge in [-0.1, -0.05) is 18.5 Å². The average Bonchev–Trinajstić information content (AvgIpc) is 3.49. The number of carbonyl (C=O) groups is 1. The minimum Gasteiger partial charge on any atom is -0.475 e. The monoisotopic (exact) mass is 433 g/mol. The van der Waals surface area contributed by atoms with Gasteiger partial charge in [-0.3, -0.25) is 4.79 Å². The number of hydrogen-bond acceptors (Lipinski definition) is 8. The molecule has 32 heavy (non-hydrogen) atoms. The van der Waals surface area contributed by atoms with Crippen LogP contribution >= 0.6 is 0 Å². The number of aromatic nitrogens is 5. The standard InChI is InChI=1S/C22H23N7O3/c1-2-3-18-12-31-20-4-6-29-22(26-20)19(11-25-29)15-8-16(21-24-13-32-27-21)10-17(9-15)23-5-7-28(18)14-30/h4,6,8-11,13-14,18,23H,2-3,5,7,12H2,1H3. The van der Waals surface area contributed by atoms with Gasteiger partial charge in [0.1, 0.15) is 6.61 Å². The summed E-state index contributed by atoms with van der Waals surface area (Å²) in [5.74, 6) is 0.984. The van der Waals surface area contributed by atoms with Crippen LogP contribution in [0.1, 0.15) is 19.8 Å². The van der Waals surface area contributed by atoms with Crippen molar-refractivity contribution in [1.29, 1.82) is 0 Å². The lowest BCUT2D eigenvalue weighted by molar-refractivity contribution is -0.120. The molecule has 10 heteroatoms. The highest BCUT2D eigenvalue weighted by atomic mass is 16.5. The van der Waals surface area contributed by atoms with Gasteiger partial charge >= 0.3 is 0 Å². The molecule has 0 saturated carbocycles. The van der Waals surface area contributed by atoms with Crippen LogP contribution in [0.2, 0.25) is 0 Å². The number of nitrogens with zero attached hydrogens (tertiary/aromatic N) is 6. The fraction of sp³-hybridized carbons (Fsp3) is 0.318. The van der Waals surface area contributed by atoms with Crippen LogP contribution in [0.25, 0.3) is 28.2 Å². The van der Waals surface area contributed by atoms with E-state index in [0.717, 1.165) is 41.6 Å². The second kappa shape index (κ2) is 8.66. The Morgan fingerprint density at radius 2 is 2.19 bits per heavy atom. The number of amides is 1. The number of nitrogens with one attached hydrogen (secondary N) is 1. The van der Waals surface area contributed by atoms with Crippen molar-refractivity contribution in [2.24, 2.45) is 0 Å². The van der Waals surface area contributed by atoms with Gasteiger partial charge in [-0.2, -0.15) is 15.1 Å². The molecule has 1 aliphatic heterocycles. The van der Waals surface area contributed by atoms with Gasteiger partial charge < -0.3 is 19.5 Å². The summed E-state index contributed by atoms with van der Waals surface area (Å²) in [6.45, 7) is 3.61. The molecule has 1 N–H and O–H groups in total. The quantitative estimate of drug-likeness (QED) is 0.489. The van der Waals surface area contributed by atoms with Crippen LogP contribution in [0, 0.1) is 0 Å². The number of carbonyl (C=O) groups excluding carboxylic acids is 1. The summed E-state index contributed by atoms with van der Waals surface area (Å²) in [4.78, 5) is 22.5. The zero-order valence-corrected chi connectivity index (χ0v) is 17.6. The molecule has 4 bridgehead atoms. The SMILES string of the molecule is CCCC1COc2ccn3ncc(c3n2)-c2cc(cc(-c3ncon3)c2)NCCN1C=O. The Morgan fingerprint density at radius 1 is 1.28 bits per heavy atom. The molecule has 5 rings (SSSR count). The van der Waals surface area contributed by atoms with Gasteiger partial charge in [-0.05, 0) is 30.2 Å². The maximum absolute atomic E-state index is 11.8. The van der Waals surface area contributed by atoms with Crippen LogP contribution in [0.4, 0.5) is 5.69 Å². The van der Waals surface area contributed by atoms with E-state index in [1.54, 1.807) is 21.7 Å². The fourth-order valence-electron chi connectivity index (χ4n) is 3.96. The molecule has 1 unspecified atom stereocenters. The second-order valence-electron chi connectivity index (χ2n) is 7.67. The highest BCUT2D eigenvalue weighted by molar-refractivity contribution is 5.82. The van der Waals surface area contributed by atoms with Crippen LogP contribution in [-0.4, -0.2) is 61.8 Å². The average molecular weight is 433 g/mol. The Bertz CT molecular complexity index is 1220. The van der Waals surface area contributed by atoms with Crippen LogP contribution in [-0.2, 0) is 4.79 Å². The maximum atomic E-state index is 11.8. The van der Waals surface area contributed by atoms with Crippen molar-refractivity contribution in [2.45, 2.75) is 25.8 Å². The van der Waals surface area contributed by atoms with Crippen LogP contribution in [0.15, 0.2) is 47.6 Å². The van der Waals surface area contributed by atoms with Crippen molar-refractivity contribution < 1.29 is 14.1 Å². The smallest absolute Gasteiger partial charge is 0.216 e. The first-order valence-corrected chi connectivity index (χ1v) is 10.6. The molecule has 0 aliphatic carbocycles. The summed E-state index contributed by atoms with van der Waals surface area (Å²) >= 11 is 0. The molecular formula is C22H23N7O3. The van der Waals surface area contributed by atoms with E-state index in [1.165, 1.54) is 6.39 Å². The first kappa shape index (κ1) is 20.0. The third-order valence-corrected chi connectivity index (χ3v) is 5.56. The summed E-state index contributed by atoms with van der Waals surface area (Å²) in [6.07, 6.45) is 7.59. The molecule has 0 spiro atoms. The van der Waals surface area contributed by atoms with Gasteiger partial charge in [0.05, 0.1) is 12.2 Å². The number of hydrogen-bond donors (Lipinski definition) is 1. The minimum absolute atomic E-state index is 0.0362. The van der Waals surface area contributed by atoms with Crippen molar-refractivity contribution >= 4 is 17.7 Å². The molecule has 164 valence electrons. The molecule has 1 amide bonds. The Kier molecular flexibility index (Phi) is 5.40. The number of benzene rings is 1. The van der Waals surface area contributed by atoms with E-state index in [2.05, 4.69) is 27.5 Å². The molecule has 1 atom stereocenters. The van der Waals surface area contributed by atoms with E-state index >= 15 is 0 Å². The van der Waals surface area contributed by atoms with Crippen molar-refractivity contribution in [2.75, 3.05) is 25.0 Å². The van der Waals surface area contributed by atoms with E-state index in [4.69, 9.17) is 14.2 Å². The number of rotatable bonds is 4. The van der Waals surface area contributed by atoms with E-state index in [1.807, 2.05) is 24.4 Å². The molecule has 1 aliphatic rings. The summed E-state index contributed by atoms with van der Waals surface area (Å²) in [5.41, 5.74) is 4.12. The summed E-state index contributed by atoms with van der Waals surface area (Å²) in [5, 5.41) is 11.8. The molecule has 0 saturated heterocycles. The summed E-state index contributed by atoms with van der Waals surface area (Å²) in [6, 6.07) is 7.71. The van der Waals surface area contributed by atoms with Crippen LogP contribution < -0.4 is 10.1 Å². The van der Waals surface area contributed by atoms with Crippen molar-refractivity contribution in [1.82, 2.24) is 29.6 Å². The molecule has 4 aromatic rings. The van der Waals surface area contributed by atoms with Crippen LogP contribution in [0.5, 0.6) is 5.88 Å². The van der Waals surface area contributed by atoms with Gasteiger partial charge in [0.15, 0.2) is 5.65 Å². The Labute approximate surface area is 184 Å². The Balaban J connectivity index is 1.62. The van der Waals surface area contributed by atoms with Gasteiger partial charge in [0.25, 0.3) is 0 Å². The van der Waals surface area contributed by atoms with E-state index in [0.29, 0.717) is 37.0 Å². The Morgan fingerprint density at radius 3 is 3.00 bits per heavy atom. The lowest BCUT2D eigenvalue weighted by atomic mass is 10.0. The van der Waals surface area contributed by atoms with E-state index in [9.17, 15) is 4.79 Å². The molecule has 1 aromatic carbocycles. The normalized spacial score (nSPS) is 16.4. The first-order chi connectivity index (χ1) is 15.7. The second-order valence-corrected chi connectivity index (χ2v) is 7.67. The maximum Gasteiger partial charge on any atom is 0.216 e. The van der Waals surface area contributed by atoms with Gasteiger partial charge in [0, 0.05) is 42.2 Å². The van der Waals surface area contributed by atoms with Crippen molar-refractivity contribution in [3.05, 3.63) is 43.1 Å². The molecule has 0 fully saturated rings. The molecule has 10 nitrogen and oxygen atoms in total. The van der Waals surface area contributed by atoms with Crippen molar-refractivity contribution in [3.8, 4) is 28.4 Å². The first-order valence-electron chi connectivity index (χ1n) is 10.6. The number of fused-ring (bicyclic) bond motifs is 4. The predicted octanol–water partition coefficient (Wildman–Crippen LogP) is 2.88. The van der Waals surface area contributed by atoms with Gasteiger partial charge in [-0.15, -0.1) is 0 Å². The predicted molar refractivity (Wildman–Crippen MR) is 117 cm³/mol. The minimum atomic E-state index is -0.0362. The zero-order chi connectivity index (χ0) is 21.9. The Hall–Kier alpha value is -3.95. The molecule has 4 heterocycles. The van der Waals surface area contributed by atoms with E-state index in [-0.39, 0.29) is 6.04 Å². The molecular weight excluding hydrogens is 410 g/mol. The fourth-order valence-corrected chi connectivity index (χ4v) is 3.96. The van der Waals surface area contributed by atoms with E-state index < -0.39 is 0 Å². The summed E-state index contributed by atoms with van der Waals surface area (Å²) < 4.78 is 12.7. The molecule has 3 aromatic heterocycles. The van der Waals surface area contributed by atoms with Gasteiger partial charge in [0.2, 0.25) is 24.5 Å². The lowest BCUT2D eigenvalue weighted by Gasteiger charge is -2.28. The highest BCUT2D eigenvalue weighted by Gasteiger charge is 2.19. The number of ether oxygens (including phenoxy) is 1. The third kappa shape index (κ3) is 3.86. The zero-order valence-electron chi connectivity index (χ0n) is 17.6. The lowest BCUT2D eigenvalue weighted by Crippen LogP contribution is -2.41. The summed E-state index contributed by atoms with van der Waals surface area (Å²) in [7, 11) is 0.